The van der Waals surface area contributed by atoms with Crippen LogP contribution >= 0.6 is 0 Å². The molecule has 2 rings (SSSR count). The van der Waals surface area contributed by atoms with Gasteiger partial charge in [-0.3, -0.25) is 0 Å². The molecule has 0 aliphatic carbocycles. The van der Waals surface area contributed by atoms with E-state index in [0.717, 1.165) is 19.5 Å². The van der Waals surface area contributed by atoms with Crippen molar-refractivity contribution in [1.82, 2.24) is 4.90 Å². The Bertz CT molecular complexity index is 338. The van der Waals surface area contributed by atoms with Crippen molar-refractivity contribution in [3.63, 3.8) is 0 Å². The summed E-state index contributed by atoms with van der Waals surface area (Å²) in [7, 11) is 0. The maximum Gasteiger partial charge on any atom is 0.0590 e. The van der Waals surface area contributed by atoms with Gasteiger partial charge in [0.25, 0.3) is 0 Å². The van der Waals surface area contributed by atoms with Crippen LogP contribution in [-0.2, 0) is 6.42 Å². The number of likely N-dealkylation sites (tertiary alicyclic amines) is 1. The number of nitrogens with zero attached hydrogens (tertiary/aromatic N) is 1. The summed E-state index contributed by atoms with van der Waals surface area (Å²) in [5.74, 6) is 0.438. The highest BCUT2D eigenvalue weighted by Crippen LogP contribution is 2.17. The second-order valence-electron chi connectivity index (χ2n) is 5.58. The summed E-state index contributed by atoms with van der Waals surface area (Å²) in [5.41, 5.74) is 1.44. The molecule has 18 heavy (non-hydrogen) atoms. The van der Waals surface area contributed by atoms with E-state index in [4.69, 9.17) is 0 Å². The molecule has 1 aromatic carbocycles. The monoisotopic (exact) mass is 247 g/mol. The predicted octanol–water partition coefficient (Wildman–Crippen LogP) is 2.71. The fourth-order valence-corrected chi connectivity index (χ4v) is 2.73. The predicted molar refractivity (Wildman–Crippen MR) is 75.6 cm³/mol. The average Bonchev–Trinajstić information content (AvgIpc) is 2.40. The van der Waals surface area contributed by atoms with Crippen LogP contribution in [0.2, 0.25) is 0 Å². The molecule has 1 saturated heterocycles. The van der Waals surface area contributed by atoms with Crippen molar-refractivity contribution in [2.75, 3.05) is 19.6 Å². The Morgan fingerprint density at radius 1 is 1.22 bits per heavy atom. The van der Waals surface area contributed by atoms with E-state index in [1.807, 2.05) is 0 Å². The Morgan fingerprint density at radius 3 is 2.72 bits per heavy atom. The zero-order valence-corrected chi connectivity index (χ0v) is 11.4. The number of aryl methyl sites for hydroxylation is 1. The van der Waals surface area contributed by atoms with E-state index < -0.39 is 0 Å². The maximum absolute atomic E-state index is 9.69. The highest BCUT2D eigenvalue weighted by Gasteiger charge is 2.23. The number of benzene rings is 1. The molecule has 1 aliphatic heterocycles. The Hall–Kier alpha value is -0.860. The topological polar surface area (TPSA) is 23.5 Å². The van der Waals surface area contributed by atoms with Gasteiger partial charge in [0.15, 0.2) is 0 Å². The van der Waals surface area contributed by atoms with Crippen LogP contribution in [0, 0.1) is 5.92 Å². The molecule has 0 saturated carbocycles. The molecule has 1 fully saturated rings. The summed E-state index contributed by atoms with van der Waals surface area (Å²) >= 11 is 0. The van der Waals surface area contributed by atoms with Gasteiger partial charge in [-0.05, 0) is 43.7 Å². The van der Waals surface area contributed by atoms with Crippen LogP contribution in [0.1, 0.15) is 31.7 Å². The summed E-state index contributed by atoms with van der Waals surface area (Å²) in [6.07, 6.45) is 4.58. The third kappa shape index (κ3) is 4.11. The minimum Gasteiger partial charge on any atom is -0.393 e. The van der Waals surface area contributed by atoms with E-state index in [1.54, 1.807) is 0 Å². The number of aliphatic hydroxyl groups excluding tert-OH is 1. The van der Waals surface area contributed by atoms with Crippen LogP contribution in [0.25, 0.3) is 0 Å². The van der Waals surface area contributed by atoms with Crippen LogP contribution in [-0.4, -0.2) is 35.7 Å². The summed E-state index contributed by atoms with van der Waals surface area (Å²) in [5, 5.41) is 9.69. The third-order valence-electron chi connectivity index (χ3n) is 3.98. The van der Waals surface area contributed by atoms with Crippen LogP contribution in [0.5, 0.6) is 0 Å². The minimum absolute atomic E-state index is 0.0782. The SMILES string of the molecule is CC1CN(CCCCc2ccccc2)CCC1O. The maximum atomic E-state index is 9.69. The lowest BCUT2D eigenvalue weighted by Crippen LogP contribution is -2.42. The molecule has 0 amide bonds. The Labute approximate surface area is 111 Å². The minimum atomic E-state index is -0.0782. The highest BCUT2D eigenvalue weighted by molar-refractivity contribution is 5.14. The lowest BCUT2D eigenvalue weighted by atomic mass is 9.96. The number of aliphatic hydroxyl groups is 1. The number of unbranched alkanes of at least 4 members (excludes halogenated alkanes) is 1. The fraction of sp³-hybridized carbons (Fsp3) is 0.625. The third-order valence-corrected chi connectivity index (χ3v) is 3.98. The van der Waals surface area contributed by atoms with Crippen molar-refractivity contribution < 1.29 is 5.11 Å². The van der Waals surface area contributed by atoms with Crippen molar-refractivity contribution in [3.05, 3.63) is 35.9 Å². The van der Waals surface area contributed by atoms with Gasteiger partial charge in [-0.1, -0.05) is 37.3 Å². The van der Waals surface area contributed by atoms with Crippen molar-refractivity contribution in [2.45, 2.75) is 38.7 Å². The van der Waals surface area contributed by atoms with Gasteiger partial charge in [0, 0.05) is 13.1 Å². The van der Waals surface area contributed by atoms with Crippen LogP contribution in [0.15, 0.2) is 30.3 Å². The molecule has 0 bridgehead atoms. The summed E-state index contributed by atoms with van der Waals surface area (Å²) in [6.45, 7) is 5.47. The molecule has 0 aromatic heterocycles. The van der Waals surface area contributed by atoms with E-state index in [9.17, 15) is 5.11 Å². The van der Waals surface area contributed by atoms with E-state index in [0.29, 0.717) is 5.92 Å². The smallest absolute Gasteiger partial charge is 0.0590 e. The quantitative estimate of drug-likeness (QED) is 0.809. The average molecular weight is 247 g/mol. The standard InChI is InChI=1S/C16H25NO/c1-14-13-17(12-10-16(14)18)11-6-5-9-15-7-3-2-4-8-15/h2-4,7-8,14,16,18H,5-6,9-13H2,1H3. The first-order valence-corrected chi connectivity index (χ1v) is 7.20. The van der Waals surface area contributed by atoms with E-state index in [1.165, 1.54) is 31.4 Å². The van der Waals surface area contributed by atoms with Crippen molar-refractivity contribution >= 4 is 0 Å². The Morgan fingerprint density at radius 2 is 2.00 bits per heavy atom. The van der Waals surface area contributed by atoms with Gasteiger partial charge in [0.1, 0.15) is 0 Å². The number of hydrogen-bond acceptors (Lipinski definition) is 2. The van der Waals surface area contributed by atoms with Gasteiger partial charge in [-0.15, -0.1) is 0 Å². The normalized spacial score (nSPS) is 25.2. The molecule has 1 aliphatic rings. The van der Waals surface area contributed by atoms with Crippen molar-refractivity contribution in [1.29, 1.82) is 0 Å². The Kier molecular flexibility index (Phi) is 5.21. The molecule has 1 N–H and O–H groups in total. The molecule has 2 unspecified atom stereocenters. The molecule has 2 nitrogen and oxygen atoms in total. The van der Waals surface area contributed by atoms with Crippen molar-refractivity contribution in [3.8, 4) is 0 Å². The summed E-state index contributed by atoms with van der Waals surface area (Å²) < 4.78 is 0. The molecule has 0 radical (unpaired) electrons. The van der Waals surface area contributed by atoms with Gasteiger partial charge in [-0.2, -0.15) is 0 Å². The molecule has 2 atom stereocenters. The van der Waals surface area contributed by atoms with Gasteiger partial charge in [0.05, 0.1) is 6.10 Å². The van der Waals surface area contributed by atoms with Crippen LogP contribution < -0.4 is 0 Å². The summed E-state index contributed by atoms with van der Waals surface area (Å²) in [4.78, 5) is 2.50. The lowest BCUT2D eigenvalue weighted by molar-refractivity contribution is 0.0346. The van der Waals surface area contributed by atoms with Crippen LogP contribution in [0.4, 0.5) is 0 Å². The highest BCUT2D eigenvalue weighted by atomic mass is 16.3. The Balaban J connectivity index is 1.61. The zero-order valence-electron chi connectivity index (χ0n) is 11.4. The van der Waals surface area contributed by atoms with Gasteiger partial charge < -0.3 is 10.0 Å². The first kappa shape index (κ1) is 13.6. The molecule has 100 valence electrons. The van der Waals surface area contributed by atoms with Crippen LogP contribution in [0.3, 0.4) is 0 Å². The first-order valence-electron chi connectivity index (χ1n) is 7.20. The van der Waals surface area contributed by atoms with Gasteiger partial charge >= 0.3 is 0 Å². The van der Waals surface area contributed by atoms with Gasteiger partial charge in [-0.25, -0.2) is 0 Å². The largest absolute Gasteiger partial charge is 0.393 e. The number of hydrogen-bond donors (Lipinski definition) is 1. The molecule has 1 heterocycles. The first-order chi connectivity index (χ1) is 8.75. The molecular formula is C16H25NO. The second-order valence-corrected chi connectivity index (χ2v) is 5.58. The summed E-state index contributed by atoms with van der Waals surface area (Å²) in [6, 6.07) is 10.7. The van der Waals surface area contributed by atoms with Gasteiger partial charge in [0.2, 0.25) is 0 Å². The number of rotatable bonds is 5. The van der Waals surface area contributed by atoms with E-state index in [-0.39, 0.29) is 6.10 Å². The van der Waals surface area contributed by atoms with E-state index >= 15 is 0 Å². The number of piperidine rings is 1. The molecule has 0 spiro atoms. The lowest BCUT2D eigenvalue weighted by Gasteiger charge is -2.34. The van der Waals surface area contributed by atoms with E-state index in [2.05, 4.69) is 42.2 Å². The zero-order chi connectivity index (χ0) is 12.8. The molecule has 1 aromatic rings. The fourth-order valence-electron chi connectivity index (χ4n) is 2.73. The van der Waals surface area contributed by atoms with Crippen molar-refractivity contribution in [2.24, 2.45) is 5.92 Å². The molecule has 2 heteroatoms. The second kappa shape index (κ2) is 6.91. The molecular weight excluding hydrogens is 222 g/mol.